The van der Waals surface area contributed by atoms with E-state index in [1.807, 2.05) is 36.2 Å². The summed E-state index contributed by atoms with van der Waals surface area (Å²) < 4.78 is 44.2. The van der Waals surface area contributed by atoms with E-state index in [0.29, 0.717) is 207 Å². The van der Waals surface area contributed by atoms with Crippen molar-refractivity contribution < 1.29 is 163 Å². The van der Waals surface area contributed by atoms with Crippen LogP contribution < -0.4 is 31.5 Å². The first-order valence-electron chi connectivity index (χ1n) is 38.2. The smallest absolute Gasteiger partial charge is 0.373 e. The van der Waals surface area contributed by atoms with Crippen LogP contribution in [0.5, 0.6) is 0 Å². The van der Waals surface area contributed by atoms with Crippen molar-refractivity contribution in [3.05, 3.63) is 29.8 Å². The zero-order valence-electron chi connectivity index (χ0n) is 64.9. The van der Waals surface area contributed by atoms with Gasteiger partial charge in [-0.25, -0.2) is 14.4 Å². The van der Waals surface area contributed by atoms with Crippen LogP contribution in [0.1, 0.15) is 102 Å². The van der Waals surface area contributed by atoms with Gasteiger partial charge in [-0.3, -0.25) is 48.4 Å². The Labute approximate surface area is 688 Å². The third-order valence-electron chi connectivity index (χ3n) is 17.6. The van der Waals surface area contributed by atoms with Crippen molar-refractivity contribution in [2.75, 3.05) is 240 Å². The number of carbonyl (C=O) groups is 9. The van der Waals surface area contributed by atoms with E-state index in [9.17, 15) is 68.7 Å². The average molecular weight is 1770 g/mol. The second-order valence-electron chi connectivity index (χ2n) is 26.6. The molecule has 3 atom stereocenters. The molecular weight excluding hydrogens is 1650 g/mol. The monoisotopic (exact) mass is 1770 g/mol. The molecule has 0 bridgehead atoms. The van der Waals surface area contributed by atoms with Crippen molar-refractivity contribution in [2.24, 2.45) is 0 Å². The summed E-state index contributed by atoms with van der Waals surface area (Å²) in [5, 5.41) is 79.5. The summed E-state index contributed by atoms with van der Waals surface area (Å²) >= 11 is 0. The van der Waals surface area contributed by atoms with Crippen LogP contribution in [-0.2, 0) is 92.3 Å². The summed E-state index contributed by atoms with van der Waals surface area (Å²) in [6, 6.07) is 3.63. The number of likely N-dealkylation sites (N-methyl/N-ethyl adjacent to an activating group) is 1. The molecule has 2 aliphatic heterocycles. The third-order valence-corrected chi connectivity index (χ3v) is 17.6. The number of aliphatic carboxylic acids is 7. The van der Waals surface area contributed by atoms with E-state index in [0.717, 1.165) is 76.6 Å². The average Bonchev–Trinajstić information content (AvgIpc) is 0.820. The molecule has 2 aliphatic rings. The molecule has 0 saturated carbocycles. The fourth-order valence-corrected chi connectivity index (χ4v) is 11.7. The Morgan fingerprint density at radius 3 is 1.40 bits per heavy atom. The first-order valence-corrected chi connectivity index (χ1v) is 38.2. The number of ether oxygens (including phenoxy) is 8. The number of benzene rings is 1. The topological polar surface area (TPSA) is 521 Å². The maximum absolute atomic E-state index is 12.5. The van der Waals surface area contributed by atoms with E-state index >= 15 is 0 Å². The first-order chi connectivity index (χ1) is 54.0. The van der Waals surface area contributed by atoms with E-state index in [1.165, 1.54) is 0 Å². The van der Waals surface area contributed by atoms with Crippen LogP contribution in [0, 0.1) is 36.9 Å². The number of piperazine rings is 1. The number of anilines is 4. The van der Waals surface area contributed by atoms with Gasteiger partial charge < -0.3 is 110 Å². The van der Waals surface area contributed by atoms with Crippen LogP contribution >= 0.6 is 0 Å². The fourth-order valence-electron chi connectivity index (χ4n) is 11.7. The van der Waals surface area contributed by atoms with Gasteiger partial charge in [-0.05, 0) is 76.2 Å². The largest absolute Gasteiger partial charge is 0.481 e. The van der Waals surface area contributed by atoms with Crippen molar-refractivity contribution in [3.8, 4) is 0 Å². The maximum atomic E-state index is 12.5. The van der Waals surface area contributed by atoms with Gasteiger partial charge in [0.15, 0.2) is 0 Å². The number of nitrogens with one attached hydrogen (secondary N) is 5. The number of nitrogens with zero attached hydrogens (tertiary/aromatic N) is 9. The SMILES string of the molecule is CN1CCN(CC(=O)O)CCN(CC(=O)O)CCN(CC(=O)O)C(Cc2ccc(Nc3nc(NCCOCCOCCOCCOCCOCCOCCOCCOCCC(=O)O)nc(N4CCN(CCCCCCCCCCC(=O)NCCCC[C@H](NC(=O)N[C@@H](CCC(=O)O)C(=O)O)C(=O)O)CC4)n3)cc2)C1.O=C=O.[Lu]. The molecule has 2 fully saturated rings. The number of amides is 3. The molecule has 12 N–H and O–H groups in total. The van der Waals surface area contributed by atoms with Gasteiger partial charge in [0.25, 0.3) is 0 Å². The van der Waals surface area contributed by atoms with Gasteiger partial charge in [-0.15, -0.1) is 0 Å². The van der Waals surface area contributed by atoms with Gasteiger partial charge >= 0.3 is 54.0 Å². The van der Waals surface area contributed by atoms with Crippen LogP contribution in [0.15, 0.2) is 24.3 Å². The van der Waals surface area contributed by atoms with Gasteiger partial charge in [-0.2, -0.15) is 24.5 Å². The van der Waals surface area contributed by atoms with Crippen LogP contribution in [0.3, 0.4) is 0 Å². The molecule has 2 saturated heterocycles. The normalized spacial score (nSPS) is 15.3. The predicted molar refractivity (Wildman–Crippen MR) is 403 cm³/mol. The Hall–Kier alpha value is -7.25. The van der Waals surface area contributed by atoms with Crippen LogP contribution in [0.2, 0.25) is 0 Å². The summed E-state index contributed by atoms with van der Waals surface area (Å²) in [6.07, 6.45) is 9.23. The van der Waals surface area contributed by atoms with Crippen LogP contribution in [0.25, 0.3) is 0 Å². The molecular formula is C72H120LuN14O26. The standard InChI is InChI=1S/C71H120N14O24.CO2.Lu/c1-80-24-25-82(52-63(91)92)26-27-83(53-64(93)94)30-33-85(54-65(95)96)57(51-80)50-55-14-16-56(17-15-55)74-69-77-68(73-22-35-103-37-39-105-41-43-107-45-47-109-49-48-108-46-44-106-42-40-104-38-36-102-34-20-62(89)90)78-70(79-69)84-31-28-81(29-32-84)23-11-7-5-3-2-4-6-8-13-60(86)72-21-10-9-12-58(66(97)98)75-71(101)76-59(67(99)100)18-19-61(87)88;2-1-3;/h14-17,57-59H,2-13,18-54H2,1H3,(H,72,86)(H,87,88)(H,89,90)(H,91,92)(H,93,94)(H,95,96)(H,97,98)(H,99,100)(H2,75,76,101)(H2,73,74,77,78,79);;/t57?,58-,59-;;/m0../s1. The summed E-state index contributed by atoms with van der Waals surface area (Å²) in [5.41, 5.74) is 1.64. The number of aromatic nitrogens is 3. The number of rotatable bonds is 62. The molecule has 3 heterocycles. The van der Waals surface area contributed by atoms with E-state index < -0.39 is 66.3 Å². The van der Waals surface area contributed by atoms with Crippen LogP contribution in [0.4, 0.5) is 28.3 Å². The molecule has 113 heavy (non-hydrogen) atoms. The maximum Gasteiger partial charge on any atom is 0.373 e. The van der Waals surface area contributed by atoms with Gasteiger partial charge in [0.05, 0.1) is 132 Å². The Morgan fingerprint density at radius 2 is 0.903 bits per heavy atom. The minimum atomic E-state index is -1.50. The number of carboxylic acid groups (broad SMARTS) is 7. The molecule has 649 valence electrons. The van der Waals surface area contributed by atoms with Crippen molar-refractivity contribution in [1.29, 1.82) is 0 Å². The van der Waals surface area contributed by atoms with E-state index in [-0.39, 0.29) is 114 Å². The number of urea groups is 1. The molecule has 0 spiro atoms. The molecule has 1 aromatic carbocycles. The van der Waals surface area contributed by atoms with Crippen LogP contribution in [-0.4, -0.2) is 377 Å². The Bertz CT molecular complexity index is 3020. The molecule has 40 nitrogen and oxygen atoms in total. The van der Waals surface area contributed by atoms with Gasteiger partial charge in [0.2, 0.25) is 23.8 Å². The third kappa shape index (κ3) is 53.5. The summed E-state index contributed by atoms with van der Waals surface area (Å²) in [6.45, 7) is 12.6. The molecule has 2 aromatic rings. The molecule has 0 aliphatic carbocycles. The summed E-state index contributed by atoms with van der Waals surface area (Å²) in [7, 11) is 1.93. The quantitative estimate of drug-likeness (QED) is 0.0412. The predicted octanol–water partition coefficient (Wildman–Crippen LogP) is 1.06. The molecule has 41 heteroatoms. The minimum absolute atomic E-state index is 0. The zero-order chi connectivity index (χ0) is 81.8. The van der Waals surface area contributed by atoms with Crippen molar-refractivity contribution in [2.45, 2.75) is 121 Å². The van der Waals surface area contributed by atoms with E-state index in [4.69, 9.17) is 72.6 Å². The fraction of sp³-hybridized carbons (Fsp3) is 0.736. The number of hydrogen-bond acceptors (Lipinski definition) is 30. The number of hydrogen-bond donors (Lipinski definition) is 12. The van der Waals surface area contributed by atoms with Gasteiger partial charge in [0, 0.05) is 147 Å². The molecule has 1 unspecified atom stereocenters. The molecule has 4 rings (SSSR count). The number of unbranched alkanes of at least 4 members (excludes halogenated alkanes) is 8. The summed E-state index contributed by atoms with van der Waals surface area (Å²) in [4.78, 5) is 148. The Kier molecular flexibility index (Phi) is 58.5. The van der Waals surface area contributed by atoms with Gasteiger partial charge in [0.1, 0.15) is 12.1 Å². The molecule has 1 radical (unpaired) electrons. The van der Waals surface area contributed by atoms with E-state index in [1.54, 1.807) is 9.80 Å². The second kappa shape index (κ2) is 65.0. The van der Waals surface area contributed by atoms with Crippen molar-refractivity contribution in [3.63, 3.8) is 0 Å². The molecule has 3 amide bonds. The Morgan fingerprint density at radius 1 is 0.460 bits per heavy atom. The minimum Gasteiger partial charge on any atom is -0.481 e. The first kappa shape index (κ1) is 102. The van der Waals surface area contributed by atoms with Gasteiger partial charge in [-0.1, -0.05) is 50.7 Å². The zero-order valence-corrected chi connectivity index (χ0v) is 66.5. The molecule has 1 aromatic heterocycles. The summed E-state index contributed by atoms with van der Waals surface area (Å²) in [5.74, 6) is -6.81. The number of carbonyl (C=O) groups excluding carboxylic acids is 4. The number of carboxylic acids is 7. The van der Waals surface area contributed by atoms with Crippen molar-refractivity contribution in [1.82, 2.24) is 55.4 Å². The van der Waals surface area contributed by atoms with E-state index in [2.05, 4.69) is 41.3 Å². The second-order valence-corrected chi connectivity index (χ2v) is 26.6. The Balaban J connectivity index is 0.0000106. The van der Waals surface area contributed by atoms with Crippen molar-refractivity contribution >= 4 is 83.4 Å².